The molecular formula is C15H18F3NO2S. The minimum atomic E-state index is -4.39. The van der Waals surface area contributed by atoms with Crippen LogP contribution in [0.5, 0.6) is 0 Å². The second-order valence-electron chi connectivity index (χ2n) is 4.66. The molecule has 1 aromatic rings. The van der Waals surface area contributed by atoms with Gasteiger partial charge in [-0.2, -0.15) is 17.5 Å². The zero-order valence-corrected chi connectivity index (χ0v) is 12.8. The van der Waals surface area contributed by atoms with Crippen LogP contribution in [-0.4, -0.2) is 31.6 Å². The molecule has 0 radical (unpaired) electrons. The summed E-state index contributed by atoms with van der Waals surface area (Å²) in [5.41, 5.74) is -0.215. The van der Waals surface area contributed by atoms with Crippen molar-refractivity contribution < 1.29 is 21.6 Å². The van der Waals surface area contributed by atoms with Gasteiger partial charge in [0, 0.05) is 13.1 Å². The molecule has 3 nitrogen and oxygen atoms in total. The van der Waals surface area contributed by atoms with Crippen molar-refractivity contribution in [3.8, 4) is 0 Å². The Bertz CT molecular complexity index is 597. The first-order valence-electron chi connectivity index (χ1n) is 6.56. The largest absolute Gasteiger partial charge is 0.416 e. The van der Waals surface area contributed by atoms with Crippen LogP contribution in [-0.2, 0) is 22.6 Å². The van der Waals surface area contributed by atoms with E-state index in [-0.39, 0.29) is 25.3 Å². The summed E-state index contributed by atoms with van der Waals surface area (Å²) in [6.45, 7) is 7.34. The van der Waals surface area contributed by atoms with Crippen LogP contribution in [0.15, 0.2) is 49.6 Å². The molecule has 0 amide bonds. The van der Waals surface area contributed by atoms with Gasteiger partial charge in [0.25, 0.3) is 0 Å². The molecule has 0 bridgehead atoms. The fraction of sp³-hybridized carbons (Fsp3) is 0.333. The van der Waals surface area contributed by atoms with Gasteiger partial charge in [-0.1, -0.05) is 24.3 Å². The number of halogens is 3. The van der Waals surface area contributed by atoms with E-state index in [1.807, 2.05) is 0 Å². The topological polar surface area (TPSA) is 37.4 Å². The summed E-state index contributed by atoms with van der Waals surface area (Å²) < 4.78 is 62.9. The van der Waals surface area contributed by atoms with Gasteiger partial charge in [-0.25, -0.2) is 8.42 Å². The lowest BCUT2D eigenvalue weighted by Gasteiger charge is -2.19. The maximum absolute atomic E-state index is 12.4. The number of hydrogen-bond acceptors (Lipinski definition) is 2. The maximum atomic E-state index is 12.4. The Labute approximate surface area is 128 Å². The molecule has 0 spiro atoms. The summed E-state index contributed by atoms with van der Waals surface area (Å²) in [6, 6.07) is 4.49. The molecule has 7 heteroatoms. The van der Waals surface area contributed by atoms with Gasteiger partial charge in [-0.05, 0) is 24.1 Å². The molecule has 1 aromatic carbocycles. The van der Waals surface area contributed by atoms with Crippen molar-refractivity contribution in [2.45, 2.75) is 12.6 Å². The van der Waals surface area contributed by atoms with Gasteiger partial charge < -0.3 is 0 Å². The Morgan fingerprint density at radius 2 is 1.55 bits per heavy atom. The molecule has 122 valence electrons. The van der Waals surface area contributed by atoms with Crippen molar-refractivity contribution in [3.63, 3.8) is 0 Å². The summed E-state index contributed by atoms with van der Waals surface area (Å²) in [5, 5.41) is 0. The highest BCUT2D eigenvalue weighted by atomic mass is 32.2. The quantitative estimate of drug-likeness (QED) is 0.685. The Morgan fingerprint density at radius 1 is 1.05 bits per heavy atom. The first kappa shape index (κ1) is 18.4. The lowest BCUT2D eigenvalue weighted by atomic mass is 10.1. The molecule has 0 aliphatic rings. The Balaban J connectivity index is 2.75. The van der Waals surface area contributed by atoms with Crippen molar-refractivity contribution in [1.82, 2.24) is 4.31 Å². The fourth-order valence-corrected chi connectivity index (χ4v) is 3.24. The highest BCUT2D eigenvalue weighted by molar-refractivity contribution is 7.89. The minimum Gasteiger partial charge on any atom is -0.212 e. The molecule has 0 aliphatic carbocycles. The first-order valence-corrected chi connectivity index (χ1v) is 8.17. The number of sulfonamides is 1. The van der Waals surface area contributed by atoms with Gasteiger partial charge in [0.05, 0.1) is 11.3 Å². The molecule has 0 atom stereocenters. The van der Waals surface area contributed by atoms with Crippen LogP contribution in [0.1, 0.15) is 11.1 Å². The van der Waals surface area contributed by atoms with Gasteiger partial charge in [-0.15, -0.1) is 13.2 Å². The lowest BCUT2D eigenvalue weighted by Crippen LogP contribution is -2.33. The van der Waals surface area contributed by atoms with E-state index in [0.29, 0.717) is 5.56 Å². The van der Waals surface area contributed by atoms with Crippen molar-refractivity contribution >= 4 is 10.0 Å². The van der Waals surface area contributed by atoms with Crippen molar-refractivity contribution in [2.24, 2.45) is 0 Å². The Hall–Kier alpha value is -1.60. The summed E-state index contributed by atoms with van der Waals surface area (Å²) in [7, 11) is -3.51. The van der Waals surface area contributed by atoms with Crippen molar-refractivity contribution in [2.75, 3.05) is 18.8 Å². The molecule has 0 aliphatic heterocycles. The number of alkyl halides is 3. The molecule has 22 heavy (non-hydrogen) atoms. The smallest absolute Gasteiger partial charge is 0.212 e. The first-order chi connectivity index (χ1) is 10.2. The maximum Gasteiger partial charge on any atom is 0.416 e. The molecule has 0 saturated heterocycles. The lowest BCUT2D eigenvalue weighted by molar-refractivity contribution is -0.137. The summed E-state index contributed by atoms with van der Waals surface area (Å²) in [5.74, 6) is -0.181. The zero-order valence-electron chi connectivity index (χ0n) is 12.0. The van der Waals surface area contributed by atoms with E-state index in [0.717, 1.165) is 12.1 Å². The van der Waals surface area contributed by atoms with E-state index in [9.17, 15) is 21.6 Å². The zero-order chi connectivity index (χ0) is 16.8. The van der Waals surface area contributed by atoms with Crippen molar-refractivity contribution in [3.05, 3.63) is 60.7 Å². The molecule has 0 heterocycles. The fourth-order valence-electron chi connectivity index (χ4n) is 1.83. The molecular weight excluding hydrogens is 315 g/mol. The predicted molar refractivity (Wildman–Crippen MR) is 80.9 cm³/mol. The second kappa shape index (κ2) is 7.60. The third-order valence-corrected chi connectivity index (χ3v) is 4.79. The summed E-state index contributed by atoms with van der Waals surface area (Å²) in [4.78, 5) is 0. The number of aryl methyl sites for hydroxylation is 1. The van der Waals surface area contributed by atoms with E-state index >= 15 is 0 Å². The van der Waals surface area contributed by atoms with E-state index in [4.69, 9.17) is 0 Å². The molecule has 0 N–H and O–H groups in total. The van der Waals surface area contributed by atoms with Crippen LogP contribution in [0.3, 0.4) is 0 Å². The van der Waals surface area contributed by atoms with E-state index in [1.165, 1.54) is 28.6 Å². The van der Waals surface area contributed by atoms with Crippen LogP contribution < -0.4 is 0 Å². The highest BCUT2D eigenvalue weighted by Gasteiger charge is 2.30. The van der Waals surface area contributed by atoms with E-state index in [2.05, 4.69) is 13.2 Å². The van der Waals surface area contributed by atoms with Crippen LogP contribution in [0.2, 0.25) is 0 Å². The molecule has 0 saturated carbocycles. The normalized spacial score (nSPS) is 12.4. The summed E-state index contributed by atoms with van der Waals surface area (Å²) >= 11 is 0. The standard InChI is InChI=1S/C15H18F3NO2S/c1-3-10-19(11-4-2)22(20,21)12-9-13-5-7-14(8-6-13)15(16,17)18/h3-8H,1-2,9-12H2. The molecule has 0 aromatic heterocycles. The summed E-state index contributed by atoms with van der Waals surface area (Å²) in [6.07, 6.45) is -1.31. The van der Waals surface area contributed by atoms with Gasteiger partial charge in [-0.3, -0.25) is 0 Å². The van der Waals surface area contributed by atoms with Crippen LogP contribution in [0.4, 0.5) is 13.2 Å². The predicted octanol–water partition coefficient (Wildman–Crippen LogP) is 3.25. The highest BCUT2D eigenvalue weighted by Crippen LogP contribution is 2.29. The van der Waals surface area contributed by atoms with Crippen LogP contribution in [0.25, 0.3) is 0 Å². The average molecular weight is 333 g/mol. The average Bonchev–Trinajstić information content (AvgIpc) is 2.44. The SMILES string of the molecule is C=CCN(CC=C)S(=O)(=O)CCc1ccc(C(F)(F)F)cc1. The van der Waals surface area contributed by atoms with Crippen LogP contribution in [0, 0.1) is 0 Å². The third kappa shape index (κ3) is 5.31. The molecule has 0 unspecified atom stereocenters. The minimum absolute atomic E-state index is 0.144. The molecule has 1 rings (SSSR count). The van der Waals surface area contributed by atoms with E-state index < -0.39 is 21.8 Å². The third-order valence-electron chi connectivity index (χ3n) is 2.99. The Morgan fingerprint density at radius 3 is 1.95 bits per heavy atom. The Kier molecular flexibility index (Phi) is 6.37. The van der Waals surface area contributed by atoms with Crippen LogP contribution >= 0.6 is 0 Å². The molecule has 0 fully saturated rings. The second-order valence-corrected chi connectivity index (χ2v) is 6.74. The number of hydrogen-bond donors (Lipinski definition) is 0. The van der Waals surface area contributed by atoms with Gasteiger partial charge >= 0.3 is 6.18 Å². The van der Waals surface area contributed by atoms with Gasteiger partial charge in [0.1, 0.15) is 0 Å². The number of rotatable bonds is 8. The van der Waals surface area contributed by atoms with Gasteiger partial charge in [0.2, 0.25) is 10.0 Å². The monoisotopic (exact) mass is 333 g/mol. The number of nitrogens with zero attached hydrogens (tertiary/aromatic N) is 1. The van der Waals surface area contributed by atoms with Crippen molar-refractivity contribution in [1.29, 1.82) is 0 Å². The van der Waals surface area contributed by atoms with E-state index in [1.54, 1.807) is 0 Å². The van der Waals surface area contributed by atoms with Gasteiger partial charge in [0.15, 0.2) is 0 Å². The number of benzene rings is 1.